The van der Waals surface area contributed by atoms with Crippen LogP contribution in [-0.2, 0) is 13.1 Å². The van der Waals surface area contributed by atoms with Crippen molar-refractivity contribution < 1.29 is 27.4 Å². The van der Waals surface area contributed by atoms with Crippen LogP contribution in [0.4, 0.5) is 13.2 Å². The van der Waals surface area contributed by atoms with Gasteiger partial charge in [0.25, 0.3) is 0 Å². The van der Waals surface area contributed by atoms with E-state index in [1.54, 1.807) is 6.07 Å². The number of rotatable bonds is 7. The van der Waals surface area contributed by atoms with Crippen LogP contribution in [0, 0.1) is 5.82 Å². The maximum Gasteiger partial charge on any atom is 0.387 e. The molecular formula is C18H19F3N4O3. The van der Waals surface area contributed by atoms with Gasteiger partial charge in [-0.05, 0) is 25.1 Å². The third kappa shape index (κ3) is 4.96. The number of guanidine groups is 1. The average Bonchev–Trinajstić information content (AvgIpc) is 3.11. The van der Waals surface area contributed by atoms with Gasteiger partial charge in [0.15, 0.2) is 17.5 Å². The minimum Gasteiger partial charge on any atom is -0.454 e. The quantitative estimate of drug-likeness (QED) is 0.554. The Hall–Kier alpha value is -3.17. The van der Waals surface area contributed by atoms with Gasteiger partial charge >= 0.3 is 6.61 Å². The minimum atomic E-state index is -2.98. The monoisotopic (exact) mass is 396 g/mol. The summed E-state index contributed by atoms with van der Waals surface area (Å²) < 4.78 is 54.2. The number of benzene rings is 1. The van der Waals surface area contributed by atoms with Gasteiger partial charge in [0.05, 0.1) is 18.8 Å². The van der Waals surface area contributed by atoms with Crippen LogP contribution in [0.25, 0.3) is 0 Å². The third-order valence-electron chi connectivity index (χ3n) is 3.78. The van der Waals surface area contributed by atoms with Gasteiger partial charge in [0.1, 0.15) is 11.6 Å². The van der Waals surface area contributed by atoms with Crippen LogP contribution in [-0.4, -0.2) is 30.9 Å². The molecule has 1 aromatic carbocycles. The molecular weight excluding hydrogens is 377 g/mol. The summed E-state index contributed by atoms with van der Waals surface area (Å²) in [5.41, 5.74) is 0.628. The van der Waals surface area contributed by atoms with E-state index in [9.17, 15) is 13.2 Å². The smallest absolute Gasteiger partial charge is 0.387 e. The molecule has 0 spiro atoms. The molecule has 0 unspecified atom stereocenters. The Labute approximate surface area is 159 Å². The molecule has 0 atom stereocenters. The summed E-state index contributed by atoms with van der Waals surface area (Å²) in [6.07, 6.45) is 1.49. The van der Waals surface area contributed by atoms with E-state index in [2.05, 4.69) is 25.3 Å². The highest BCUT2D eigenvalue weighted by Gasteiger charge is 2.20. The minimum absolute atomic E-state index is 0.00993. The van der Waals surface area contributed by atoms with E-state index in [0.717, 1.165) is 0 Å². The van der Waals surface area contributed by atoms with Crippen LogP contribution < -0.4 is 24.8 Å². The van der Waals surface area contributed by atoms with Crippen LogP contribution in [0.2, 0.25) is 0 Å². The highest BCUT2D eigenvalue weighted by Crippen LogP contribution is 2.39. The lowest BCUT2D eigenvalue weighted by atomic mass is 10.1. The molecule has 0 saturated heterocycles. The lowest BCUT2D eigenvalue weighted by molar-refractivity contribution is -0.0505. The summed E-state index contributed by atoms with van der Waals surface area (Å²) in [5.74, 6) is 0.649. The Balaban J connectivity index is 1.75. The summed E-state index contributed by atoms with van der Waals surface area (Å²) in [7, 11) is 0. The Morgan fingerprint density at radius 1 is 1.29 bits per heavy atom. The van der Waals surface area contributed by atoms with Crippen molar-refractivity contribution in [2.24, 2.45) is 4.99 Å². The summed E-state index contributed by atoms with van der Waals surface area (Å²) in [6.45, 7) is -0.418. The number of hydrogen-bond donors (Lipinski definition) is 2. The first-order chi connectivity index (χ1) is 13.6. The fourth-order valence-corrected chi connectivity index (χ4v) is 2.52. The normalized spacial score (nSPS) is 13.0. The number of aromatic nitrogens is 1. The molecule has 1 aliphatic rings. The van der Waals surface area contributed by atoms with Gasteiger partial charge in [-0.1, -0.05) is 0 Å². The van der Waals surface area contributed by atoms with E-state index in [1.807, 2.05) is 6.92 Å². The molecule has 0 bridgehead atoms. The van der Waals surface area contributed by atoms with Gasteiger partial charge in [-0.3, -0.25) is 4.98 Å². The topological polar surface area (TPSA) is 77.0 Å². The molecule has 1 aliphatic heterocycles. The van der Waals surface area contributed by atoms with Gasteiger partial charge in [0.2, 0.25) is 6.79 Å². The van der Waals surface area contributed by atoms with Crippen molar-refractivity contribution in [3.05, 3.63) is 47.5 Å². The molecule has 28 heavy (non-hydrogen) atoms. The molecule has 0 amide bonds. The number of nitrogens with zero attached hydrogens (tertiary/aromatic N) is 2. The third-order valence-corrected chi connectivity index (χ3v) is 3.78. The molecule has 0 aliphatic carbocycles. The number of pyridine rings is 1. The fourth-order valence-electron chi connectivity index (χ4n) is 2.52. The molecule has 3 rings (SSSR count). The highest BCUT2D eigenvalue weighted by atomic mass is 19.3. The zero-order chi connectivity index (χ0) is 19.9. The Morgan fingerprint density at radius 3 is 2.79 bits per heavy atom. The summed E-state index contributed by atoms with van der Waals surface area (Å²) in [5, 5.41) is 5.95. The van der Waals surface area contributed by atoms with Gasteiger partial charge in [-0.15, -0.1) is 0 Å². The summed E-state index contributed by atoms with van der Waals surface area (Å²) >= 11 is 0. The second kappa shape index (κ2) is 9.16. The summed E-state index contributed by atoms with van der Waals surface area (Å²) in [4.78, 5) is 8.31. The fraction of sp³-hybridized carbons (Fsp3) is 0.333. The van der Waals surface area contributed by atoms with E-state index in [-0.39, 0.29) is 31.3 Å². The summed E-state index contributed by atoms with van der Waals surface area (Å²) in [6, 6.07) is 5.71. The second-order valence-corrected chi connectivity index (χ2v) is 5.67. The van der Waals surface area contributed by atoms with Gasteiger partial charge in [-0.2, -0.15) is 8.78 Å². The molecule has 2 aromatic rings. The van der Waals surface area contributed by atoms with Gasteiger partial charge in [-0.25, -0.2) is 9.38 Å². The van der Waals surface area contributed by atoms with Crippen molar-refractivity contribution in [1.29, 1.82) is 0 Å². The van der Waals surface area contributed by atoms with Crippen LogP contribution >= 0.6 is 0 Å². The standard InChI is InChI=1S/C18H19F3N4O3/c1-2-22-18(25-9-13-12(19)4-3-5-23-13)24-8-11-6-15-16(27-10-26-15)7-14(11)28-17(20)21/h3-7,17H,2,8-10H2,1H3,(H2,22,24,25). The van der Waals surface area contributed by atoms with Crippen molar-refractivity contribution in [3.8, 4) is 17.2 Å². The van der Waals surface area contributed by atoms with E-state index in [0.29, 0.717) is 29.6 Å². The predicted molar refractivity (Wildman–Crippen MR) is 95.0 cm³/mol. The zero-order valence-electron chi connectivity index (χ0n) is 15.0. The largest absolute Gasteiger partial charge is 0.454 e. The highest BCUT2D eigenvalue weighted by molar-refractivity contribution is 5.79. The Bertz CT molecular complexity index is 849. The molecule has 0 fully saturated rings. The maximum absolute atomic E-state index is 13.7. The number of ether oxygens (including phenoxy) is 3. The van der Waals surface area contributed by atoms with Crippen molar-refractivity contribution in [3.63, 3.8) is 0 Å². The van der Waals surface area contributed by atoms with E-state index < -0.39 is 12.4 Å². The van der Waals surface area contributed by atoms with Crippen LogP contribution in [0.1, 0.15) is 18.2 Å². The van der Waals surface area contributed by atoms with Crippen molar-refractivity contribution in [2.45, 2.75) is 26.6 Å². The predicted octanol–water partition coefficient (Wildman–Crippen LogP) is 2.81. The van der Waals surface area contributed by atoms with Crippen LogP contribution in [0.5, 0.6) is 17.2 Å². The molecule has 0 saturated carbocycles. The average molecular weight is 396 g/mol. The number of fused-ring (bicyclic) bond motifs is 1. The molecule has 0 radical (unpaired) electrons. The molecule has 2 heterocycles. The molecule has 1 aromatic heterocycles. The van der Waals surface area contributed by atoms with Crippen molar-refractivity contribution in [1.82, 2.24) is 15.6 Å². The Kier molecular flexibility index (Phi) is 6.41. The number of alkyl halides is 2. The van der Waals surface area contributed by atoms with Crippen LogP contribution in [0.15, 0.2) is 35.5 Å². The Morgan fingerprint density at radius 2 is 2.07 bits per heavy atom. The van der Waals surface area contributed by atoms with Gasteiger partial charge in [0, 0.05) is 24.4 Å². The maximum atomic E-state index is 13.7. The zero-order valence-corrected chi connectivity index (χ0v) is 15.0. The van der Waals surface area contributed by atoms with Gasteiger partial charge < -0.3 is 24.8 Å². The number of halogens is 3. The SMILES string of the molecule is CCNC(=NCc1cc2c(cc1OC(F)F)OCO2)NCc1ncccc1F. The van der Waals surface area contributed by atoms with E-state index in [1.165, 1.54) is 24.4 Å². The second-order valence-electron chi connectivity index (χ2n) is 5.67. The molecule has 10 heteroatoms. The first-order valence-electron chi connectivity index (χ1n) is 8.55. The lowest BCUT2D eigenvalue weighted by Crippen LogP contribution is -2.37. The van der Waals surface area contributed by atoms with E-state index >= 15 is 0 Å². The molecule has 2 N–H and O–H groups in total. The first kappa shape index (κ1) is 19.6. The first-order valence-corrected chi connectivity index (χ1v) is 8.55. The number of nitrogens with one attached hydrogen (secondary N) is 2. The van der Waals surface area contributed by atoms with Crippen molar-refractivity contribution >= 4 is 5.96 Å². The number of hydrogen-bond acceptors (Lipinski definition) is 5. The lowest BCUT2D eigenvalue weighted by Gasteiger charge is -2.13. The molecule has 150 valence electrons. The van der Waals surface area contributed by atoms with E-state index in [4.69, 9.17) is 9.47 Å². The van der Waals surface area contributed by atoms with Crippen molar-refractivity contribution in [2.75, 3.05) is 13.3 Å². The number of aliphatic imine (C=N–C) groups is 1. The van der Waals surface area contributed by atoms with Crippen LogP contribution in [0.3, 0.4) is 0 Å². The molecule has 7 nitrogen and oxygen atoms in total.